The summed E-state index contributed by atoms with van der Waals surface area (Å²) in [7, 11) is 2.08. The van der Waals surface area contributed by atoms with Gasteiger partial charge in [0.2, 0.25) is 0 Å². The summed E-state index contributed by atoms with van der Waals surface area (Å²) in [5.41, 5.74) is 0.649. The number of carbonyl (C=O) groups excluding carboxylic acids is 1. The first-order valence-corrected chi connectivity index (χ1v) is 10.2. The van der Waals surface area contributed by atoms with Gasteiger partial charge in [-0.1, -0.05) is 24.3 Å². The van der Waals surface area contributed by atoms with E-state index in [1.54, 1.807) is 63.8 Å². The van der Waals surface area contributed by atoms with Gasteiger partial charge in [0.1, 0.15) is 11.5 Å². The fraction of sp³-hybridized carbons (Fsp3) is 0.316. The van der Waals surface area contributed by atoms with Crippen LogP contribution in [0.25, 0.3) is 0 Å². The Kier molecular flexibility index (Phi) is 7.34. The third kappa shape index (κ3) is 4.70. The van der Waals surface area contributed by atoms with Crippen molar-refractivity contribution in [3.05, 3.63) is 59.7 Å². The van der Waals surface area contributed by atoms with Gasteiger partial charge in [-0.15, -0.1) is 0 Å². The zero-order valence-corrected chi connectivity index (χ0v) is 16.2. The van der Waals surface area contributed by atoms with Crippen LogP contribution in [0.2, 0.25) is 6.04 Å². The quantitative estimate of drug-likeness (QED) is 0.390. The number of carbonyl (C=O) groups is 1. The monoisotopic (exact) mass is 376 g/mol. The lowest BCUT2D eigenvalue weighted by Crippen LogP contribution is -2.42. The highest BCUT2D eigenvalue weighted by atomic mass is 28.4. The van der Waals surface area contributed by atoms with Gasteiger partial charge in [0.15, 0.2) is 5.78 Å². The van der Waals surface area contributed by atoms with Crippen LogP contribution in [0, 0.1) is 0 Å². The number of phenols is 1. The van der Waals surface area contributed by atoms with Crippen LogP contribution >= 0.6 is 0 Å². The Morgan fingerprint density at radius 3 is 2.12 bits per heavy atom. The second kappa shape index (κ2) is 9.49. The maximum atomic E-state index is 12.7. The largest absolute Gasteiger partial charge is 0.507 e. The van der Waals surface area contributed by atoms with Gasteiger partial charge in [-0.25, -0.2) is 0 Å². The summed E-state index contributed by atoms with van der Waals surface area (Å²) in [6.07, 6.45) is 0.654. The fourth-order valence-corrected chi connectivity index (χ4v) is 4.31. The number of para-hydroxylation sites is 2. The van der Waals surface area contributed by atoms with Gasteiger partial charge < -0.3 is 23.1 Å². The minimum Gasteiger partial charge on any atom is -0.507 e. The van der Waals surface area contributed by atoms with Crippen molar-refractivity contribution in [2.45, 2.75) is 12.5 Å². The summed E-state index contributed by atoms with van der Waals surface area (Å²) in [5.74, 6) is 0.136. The van der Waals surface area contributed by atoms with E-state index in [2.05, 4.69) is 0 Å². The molecule has 140 valence electrons. The number of hydrogen-bond acceptors (Lipinski definition) is 6. The van der Waals surface area contributed by atoms with Crippen LogP contribution in [0.1, 0.15) is 22.3 Å². The molecule has 0 aliphatic heterocycles. The predicted octanol–water partition coefficient (Wildman–Crippen LogP) is 3.27. The standard InChI is InChI=1S/C19H24O6Si/c1-22-26(23-2,24-3)14-8-13-25-18-12-7-5-10-16(18)19(21)15-9-4-6-11-17(15)20/h4-7,9-12,20H,8,13-14H2,1-3H3. The Balaban J connectivity index is 2.06. The number of ketones is 1. The molecule has 6 nitrogen and oxygen atoms in total. The zero-order valence-electron chi connectivity index (χ0n) is 15.2. The summed E-state index contributed by atoms with van der Waals surface area (Å²) in [6, 6.07) is 14.0. The van der Waals surface area contributed by atoms with Crippen LogP contribution in [-0.2, 0) is 13.3 Å². The normalized spacial score (nSPS) is 11.3. The van der Waals surface area contributed by atoms with Crippen molar-refractivity contribution in [3.63, 3.8) is 0 Å². The molecule has 0 unspecified atom stereocenters. The average molecular weight is 376 g/mol. The average Bonchev–Trinajstić information content (AvgIpc) is 2.69. The molecular formula is C19H24O6Si. The van der Waals surface area contributed by atoms with Gasteiger partial charge >= 0.3 is 8.80 Å². The number of aromatic hydroxyl groups is 1. The number of hydrogen-bond donors (Lipinski definition) is 1. The molecule has 1 N–H and O–H groups in total. The highest BCUT2D eigenvalue weighted by Gasteiger charge is 2.37. The van der Waals surface area contributed by atoms with Gasteiger partial charge in [-0.05, 0) is 30.7 Å². The molecule has 0 saturated heterocycles. The van der Waals surface area contributed by atoms with E-state index >= 15 is 0 Å². The molecule has 0 aromatic heterocycles. The van der Waals surface area contributed by atoms with Crippen LogP contribution in [0.15, 0.2) is 48.5 Å². The molecule has 2 aromatic rings. The molecular weight excluding hydrogens is 352 g/mol. The molecule has 0 aliphatic carbocycles. The van der Waals surface area contributed by atoms with E-state index in [4.69, 9.17) is 18.0 Å². The highest BCUT2D eigenvalue weighted by Crippen LogP contribution is 2.26. The zero-order chi connectivity index (χ0) is 19.0. The summed E-state index contributed by atoms with van der Waals surface area (Å²) in [4.78, 5) is 12.7. The van der Waals surface area contributed by atoms with Crippen molar-refractivity contribution in [2.75, 3.05) is 27.9 Å². The maximum Gasteiger partial charge on any atom is 0.500 e. The van der Waals surface area contributed by atoms with E-state index < -0.39 is 8.80 Å². The van der Waals surface area contributed by atoms with Gasteiger partial charge in [0, 0.05) is 27.4 Å². The number of benzene rings is 2. The second-order valence-corrected chi connectivity index (χ2v) is 8.68. The molecule has 0 aliphatic rings. The van der Waals surface area contributed by atoms with Gasteiger partial charge in [0.25, 0.3) is 0 Å². The van der Waals surface area contributed by atoms with Crippen molar-refractivity contribution in [3.8, 4) is 11.5 Å². The Morgan fingerprint density at radius 1 is 0.923 bits per heavy atom. The Bertz CT molecular complexity index is 721. The van der Waals surface area contributed by atoms with Crippen LogP contribution in [0.5, 0.6) is 11.5 Å². The molecule has 2 rings (SSSR count). The van der Waals surface area contributed by atoms with Crippen molar-refractivity contribution in [1.82, 2.24) is 0 Å². The molecule has 0 spiro atoms. The van der Waals surface area contributed by atoms with Gasteiger partial charge in [0.05, 0.1) is 17.7 Å². The lowest BCUT2D eigenvalue weighted by atomic mass is 10.0. The lowest BCUT2D eigenvalue weighted by Gasteiger charge is -2.24. The van der Waals surface area contributed by atoms with Crippen molar-refractivity contribution >= 4 is 14.6 Å². The Labute approximate surface area is 154 Å². The predicted molar refractivity (Wildman–Crippen MR) is 99.7 cm³/mol. The lowest BCUT2D eigenvalue weighted by molar-refractivity contribution is 0.103. The fourth-order valence-electron chi connectivity index (χ4n) is 2.62. The SMILES string of the molecule is CO[Si](CCCOc1ccccc1C(=O)c1ccccc1O)(OC)OC. The molecule has 0 saturated carbocycles. The van der Waals surface area contributed by atoms with Gasteiger partial charge in [-0.2, -0.15) is 0 Å². The van der Waals surface area contributed by atoms with Crippen LogP contribution < -0.4 is 4.74 Å². The first kappa shape index (κ1) is 20.1. The number of ether oxygens (including phenoxy) is 1. The molecule has 26 heavy (non-hydrogen) atoms. The first-order chi connectivity index (χ1) is 12.6. The van der Waals surface area contributed by atoms with E-state index in [1.165, 1.54) is 6.07 Å². The summed E-state index contributed by atoms with van der Waals surface area (Å²) < 4.78 is 21.9. The van der Waals surface area contributed by atoms with E-state index in [1.807, 2.05) is 0 Å². The summed E-state index contributed by atoms with van der Waals surface area (Å²) >= 11 is 0. The smallest absolute Gasteiger partial charge is 0.500 e. The molecule has 0 amide bonds. The van der Waals surface area contributed by atoms with Crippen molar-refractivity contribution < 1.29 is 27.9 Å². The van der Waals surface area contributed by atoms with E-state index in [9.17, 15) is 9.90 Å². The Hall–Kier alpha value is -2.19. The van der Waals surface area contributed by atoms with E-state index in [-0.39, 0.29) is 17.1 Å². The highest BCUT2D eigenvalue weighted by molar-refractivity contribution is 6.60. The van der Waals surface area contributed by atoms with Crippen LogP contribution in [0.3, 0.4) is 0 Å². The molecule has 0 atom stereocenters. The number of rotatable bonds is 10. The third-order valence-electron chi connectivity index (χ3n) is 4.10. The number of phenolic OH excluding ortho intramolecular Hbond substituents is 1. The molecule has 0 fully saturated rings. The maximum absolute atomic E-state index is 12.7. The van der Waals surface area contributed by atoms with Crippen LogP contribution in [0.4, 0.5) is 0 Å². The molecule has 0 bridgehead atoms. The van der Waals surface area contributed by atoms with Crippen molar-refractivity contribution in [1.29, 1.82) is 0 Å². The van der Waals surface area contributed by atoms with Crippen LogP contribution in [-0.4, -0.2) is 47.6 Å². The summed E-state index contributed by atoms with van der Waals surface area (Å²) in [6.45, 7) is 0.385. The first-order valence-electron chi connectivity index (χ1n) is 8.27. The van der Waals surface area contributed by atoms with E-state index in [0.717, 1.165) is 0 Å². The molecule has 0 heterocycles. The van der Waals surface area contributed by atoms with E-state index in [0.29, 0.717) is 30.4 Å². The molecule has 2 aromatic carbocycles. The summed E-state index contributed by atoms with van der Waals surface area (Å²) in [5, 5.41) is 9.92. The minimum absolute atomic E-state index is 0.0524. The van der Waals surface area contributed by atoms with Gasteiger partial charge in [-0.3, -0.25) is 4.79 Å². The molecule has 0 radical (unpaired) electrons. The second-order valence-electron chi connectivity index (χ2n) is 5.59. The van der Waals surface area contributed by atoms with Crippen molar-refractivity contribution in [2.24, 2.45) is 0 Å². The minimum atomic E-state index is -2.63. The third-order valence-corrected chi connectivity index (χ3v) is 6.93. The molecule has 7 heteroatoms. The topological polar surface area (TPSA) is 74.2 Å². The Morgan fingerprint density at radius 2 is 1.50 bits per heavy atom.